The van der Waals surface area contributed by atoms with E-state index in [2.05, 4.69) is 26.2 Å². The van der Waals surface area contributed by atoms with Crippen LogP contribution in [0, 0.1) is 0 Å². The normalized spacial score (nSPS) is 26.1. The van der Waals surface area contributed by atoms with Crippen molar-refractivity contribution in [3.8, 4) is 0 Å². The minimum atomic E-state index is 0. The number of nitrogens with zero attached hydrogens (tertiary/aromatic N) is 3. The summed E-state index contributed by atoms with van der Waals surface area (Å²) in [6, 6.07) is 0.735. The Morgan fingerprint density at radius 3 is 2.87 bits per heavy atom. The van der Waals surface area contributed by atoms with Gasteiger partial charge in [0.25, 0.3) is 0 Å². The number of halogens is 1. The summed E-state index contributed by atoms with van der Waals surface area (Å²) in [4.78, 5) is 9.58. The second-order valence-corrected chi connectivity index (χ2v) is 6.54. The fourth-order valence-electron chi connectivity index (χ4n) is 3.80. The predicted octanol–water partition coefficient (Wildman–Crippen LogP) is 2.09. The molecule has 0 aromatic carbocycles. The molecule has 1 unspecified atom stereocenters. The molecule has 0 aliphatic carbocycles. The monoisotopic (exact) mass is 434 g/mol. The molecule has 132 valence electrons. The van der Waals surface area contributed by atoms with Crippen LogP contribution in [-0.4, -0.2) is 74.8 Å². The number of likely N-dealkylation sites (tertiary alicyclic amines) is 2. The van der Waals surface area contributed by atoms with E-state index in [-0.39, 0.29) is 24.0 Å². The van der Waals surface area contributed by atoms with Crippen LogP contribution in [-0.2, 0) is 4.74 Å². The van der Waals surface area contributed by atoms with Gasteiger partial charge in [-0.3, -0.25) is 9.89 Å². The van der Waals surface area contributed by atoms with Gasteiger partial charge in [-0.25, -0.2) is 0 Å². The summed E-state index contributed by atoms with van der Waals surface area (Å²) in [6.07, 6.45) is 8.45. The van der Waals surface area contributed by atoms with Crippen molar-refractivity contribution in [3.63, 3.8) is 0 Å². The van der Waals surface area contributed by atoms with Crippen LogP contribution in [0.4, 0.5) is 0 Å². The molecule has 0 spiro atoms. The Labute approximate surface area is 157 Å². The molecule has 3 heterocycles. The molecule has 5 nitrogen and oxygen atoms in total. The average molecular weight is 434 g/mol. The van der Waals surface area contributed by atoms with Gasteiger partial charge in [-0.05, 0) is 45.2 Å². The molecule has 1 atom stereocenters. The molecular weight excluding hydrogens is 403 g/mol. The highest BCUT2D eigenvalue weighted by molar-refractivity contribution is 14.0. The lowest BCUT2D eigenvalue weighted by Crippen LogP contribution is -2.43. The van der Waals surface area contributed by atoms with Gasteiger partial charge in [0.15, 0.2) is 5.96 Å². The van der Waals surface area contributed by atoms with Crippen LogP contribution in [0.25, 0.3) is 0 Å². The number of ether oxygens (including phenoxy) is 1. The van der Waals surface area contributed by atoms with Crippen molar-refractivity contribution in [3.05, 3.63) is 11.6 Å². The van der Waals surface area contributed by atoms with E-state index >= 15 is 0 Å². The van der Waals surface area contributed by atoms with Gasteiger partial charge < -0.3 is 15.0 Å². The maximum atomic E-state index is 5.36. The van der Waals surface area contributed by atoms with Crippen LogP contribution in [0.2, 0.25) is 0 Å². The molecule has 23 heavy (non-hydrogen) atoms. The van der Waals surface area contributed by atoms with Gasteiger partial charge in [0.1, 0.15) is 0 Å². The Morgan fingerprint density at radius 1 is 1.35 bits per heavy atom. The summed E-state index contributed by atoms with van der Waals surface area (Å²) < 4.78 is 5.36. The first kappa shape index (κ1) is 19.0. The van der Waals surface area contributed by atoms with Crippen molar-refractivity contribution >= 4 is 29.9 Å². The number of hydrogen-bond donors (Lipinski definition) is 1. The highest BCUT2D eigenvalue weighted by Crippen LogP contribution is 2.20. The van der Waals surface area contributed by atoms with Crippen LogP contribution in [0.15, 0.2) is 16.6 Å². The fourth-order valence-corrected chi connectivity index (χ4v) is 3.80. The highest BCUT2D eigenvalue weighted by Gasteiger charge is 2.30. The molecule has 3 aliphatic heterocycles. The van der Waals surface area contributed by atoms with E-state index in [0.717, 1.165) is 57.7 Å². The van der Waals surface area contributed by atoms with Crippen molar-refractivity contribution in [2.45, 2.75) is 38.1 Å². The summed E-state index contributed by atoms with van der Waals surface area (Å²) in [6.45, 7) is 7.50. The maximum absolute atomic E-state index is 5.36. The minimum Gasteiger partial charge on any atom is -0.377 e. The molecule has 0 radical (unpaired) electrons. The Kier molecular flexibility index (Phi) is 8.12. The third-order valence-electron chi connectivity index (χ3n) is 5.12. The quantitative estimate of drug-likeness (QED) is 0.319. The van der Waals surface area contributed by atoms with Gasteiger partial charge in [0.05, 0.1) is 13.2 Å². The van der Waals surface area contributed by atoms with E-state index in [4.69, 9.17) is 4.74 Å². The van der Waals surface area contributed by atoms with E-state index in [1.807, 2.05) is 7.05 Å². The number of nitrogens with one attached hydrogen (secondary N) is 1. The molecule has 1 N–H and O–H groups in total. The molecule has 3 rings (SSSR count). The van der Waals surface area contributed by atoms with Crippen LogP contribution >= 0.6 is 24.0 Å². The van der Waals surface area contributed by atoms with Gasteiger partial charge in [-0.15, -0.1) is 24.0 Å². The molecule has 0 aromatic rings. The van der Waals surface area contributed by atoms with Gasteiger partial charge in [0.2, 0.25) is 0 Å². The molecule has 0 bridgehead atoms. The van der Waals surface area contributed by atoms with Gasteiger partial charge in [-0.2, -0.15) is 0 Å². The lowest BCUT2D eigenvalue weighted by Gasteiger charge is -2.25. The second kappa shape index (κ2) is 9.84. The molecule has 3 aliphatic rings. The Hall–Kier alpha value is -0.340. The second-order valence-electron chi connectivity index (χ2n) is 6.54. The largest absolute Gasteiger partial charge is 0.377 e. The van der Waals surface area contributed by atoms with Crippen LogP contribution < -0.4 is 5.32 Å². The summed E-state index contributed by atoms with van der Waals surface area (Å²) in [5.41, 5.74) is 1.52. The van der Waals surface area contributed by atoms with Crippen LogP contribution in [0.5, 0.6) is 0 Å². The summed E-state index contributed by atoms with van der Waals surface area (Å²) >= 11 is 0. The topological polar surface area (TPSA) is 40.1 Å². The van der Waals surface area contributed by atoms with E-state index in [1.165, 1.54) is 37.9 Å². The van der Waals surface area contributed by atoms with E-state index in [0.29, 0.717) is 0 Å². The van der Waals surface area contributed by atoms with Crippen molar-refractivity contribution < 1.29 is 4.74 Å². The lowest BCUT2D eigenvalue weighted by atomic mass is 10.1. The Balaban J connectivity index is 0.00000192. The standard InChI is InChI=1S/C17H30N4O.HI/c1-18-17(19-8-4-15-6-12-22-13-7-15)21-11-5-16(14-21)20-9-2-3-10-20;/h6,16H,2-5,7-14H2,1H3,(H,18,19);1H. The van der Waals surface area contributed by atoms with Gasteiger partial charge in [-0.1, -0.05) is 11.6 Å². The molecule has 2 fully saturated rings. The summed E-state index contributed by atoms with van der Waals surface area (Å²) in [5.74, 6) is 1.08. The molecule has 6 heteroatoms. The van der Waals surface area contributed by atoms with E-state index in [9.17, 15) is 0 Å². The molecule has 0 aromatic heterocycles. The molecule has 0 amide bonds. The van der Waals surface area contributed by atoms with Crippen molar-refractivity contribution in [1.82, 2.24) is 15.1 Å². The number of guanidine groups is 1. The third kappa shape index (κ3) is 5.32. The zero-order valence-electron chi connectivity index (χ0n) is 14.3. The van der Waals surface area contributed by atoms with Gasteiger partial charge in [0, 0.05) is 32.7 Å². The SMILES string of the molecule is CN=C(NCCC1=CCOCC1)N1CCC(N2CCCC2)C1.I. The smallest absolute Gasteiger partial charge is 0.193 e. The number of rotatable bonds is 4. The first-order valence-corrected chi connectivity index (χ1v) is 8.82. The van der Waals surface area contributed by atoms with Crippen molar-refractivity contribution in [2.24, 2.45) is 4.99 Å². The Bertz CT molecular complexity index is 421. The van der Waals surface area contributed by atoms with Crippen molar-refractivity contribution in [2.75, 3.05) is 53.0 Å². The molecule has 2 saturated heterocycles. The zero-order chi connectivity index (χ0) is 15.2. The average Bonchev–Trinajstić information content (AvgIpc) is 3.23. The summed E-state index contributed by atoms with van der Waals surface area (Å²) in [5, 5.41) is 3.55. The number of hydrogen-bond acceptors (Lipinski definition) is 3. The molecule has 0 saturated carbocycles. The molecular formula is C17H31IN4O. The zero-order valence-corrected chi connectivity index (χ0v) is 16.6. The number of aliphatic imine (C=N–C) groups is 1. The maximum Gasteiger partial charge on any atom is 0.193 e. The van der Waals surface area contributed by atoms with Crippen LogP contribution in [0.1, 0.15) is 32.1 Å². The first-order valence-electron chi connectivity index (χ1n) is 8.82. The first-order chi connectivity index (χ1) is 10.9. The predicted molar refractivity (Wildman–Crippen MR) is 106 cm³/mol. The fraction of sp³-hybridized carbons (Fsp3) is 0.824. The van der Waals surface area contributed by atoms with Crippen LogP contribution in [0.3, 0.4) is 0 Å². The van der Waals surface area contributed by atoms with E-state index in [1.54, 1.807) is 0 Å². The van der Waals surface area contributed by atoms with E-state index < -0.39 is 0 Å². The third-order valence-corrected chi connectivity index (χ3v) is 5.12. The van der Waals surface area contributed by atoms with Crippen molar-refractivity contribution in [1.29, 1.82) is 0 Å². The minimum absolute atomic E-state index is 0. The summed E-state index contributed by atoms with van der Waals surface area (Å²) in [7, 11) is 1.90. The Morgan fingerprint density at radius 2 is 2.17 bits per heavy atom. The highest BCUT2D eigenvalue weighted by atomic mass is 127. The lowest BCUT2D eigenvalue weighted by molar-refractivity contribution is 0.153. The van der Waals surface area contributed by atoms with Gasteiger partial charge >= 0.3 is 0 Å².